The first kappa shape index (κ1) is 23.3. The Labute approximate surface area is 206 Å². The first-order valence-electron chi connectivity index (χ1n) is 10.7. The van der Waals surface area contributed by atoms with Crippen LogP contribution in [0.3, 0.4) is 0 Å². The molecule has 0 atom stereocenters. The first-order valence-corrected chi connectivity index (χ1v) is 12.3. The van der Waals surface area contributed by atoms with Crippen molar-refractivity contribution < 1.29 is 22.4 Å². The van der Waals surface area contributed by atoms with Crippen molar-refractivity contribution in [3.8, 4) is 34.1 Å². The Morgan fingerprint density at radius 1 is 0.889 bits per heavy atom. The Bertz CT molecular complexity index is 1670. The maximum absolute atomic E-state index is 11.5. The minimum atomic E-state index is -3.76. The minimum Gasteiger partial charge on any atom is -0.493 e. The number of rotatable bonds is 7. The highest BCUT2D eigenvalue weighted by Crippen LogP contribution is 2.36. The molecular weight excluding hydrogens is 482 g/mol. The van der Waals surface area contributed by atoms with Gasteiger partial charge in [-0.25, -0.2) is 23.5 Å². The molecule has 182 valence electrons. The van der Waals surface area contributed by atoms with E-state index >= 15 is 0 Å². The van der Waals surface area contributed by atoms with E-state index in [1.165, 1.54) is 12.1 Å². The fourth-order valence-electron chi connectivity index (χ4n) is 3.72. The molecule has 0 aliphatic rings. The van der Waals surface area contributed by atoms with Gasteiger partial charge in [0.2, 0.25) is 16.0 Å². The quantitative estimate of drug-likeness (QED) is 0.331. The third-order valence-electron chi connectivity index (χ3n) is 5.51. The number of fused-ring (bicyclic) bond motifs is 1. The molecule has 0 fully saturated rings. The maximum atomic E-state index is 11.5. The third kappa shape index (κ3) is 4.57. The van der Waals surface area contributed by atoms with Crippen LogP contribution in [0.1, 0.15) is 0 Å². The van der Waals surface area contributed by atoms with Crippen LogP contribution in [0.4, 0.5) is 11.6 Å². The summed E-state index contributed by atoms with van der Waals surface area (Å²) in [6.45, 7) is 0. The van der Waals surface area contributed by atoms with Crippen LogP contribution in [0.25, 0.3) is 33.5 Å². The van der Waals surface area contributed by atoms with Crippen LogP contribution in [0, 0.1) is 0 Å². The normalized spacial score (nSPS) is 11.4. The number of aromatic nitrogens is 3. The van der Waals surface area contributed by atoms with Crippen molar-refractivity contribution in [2.45, 2.75) is 4.90 Å². The van der Waals surface area contributed by atoms with Crippen LogP contribution >= 0.6 is 0 Å². The minimum absolute atomic E-state index is 0.0232. The van der Waals surface area contributed by atoms with Gasteiger partial charge in [0.1, 0.15) is 5.52 Å². The zero-order chi connectivity index (χ0) is 25.3. The average Bonchev–Trinajstić information content (AvgIpc) is 3.31. The van der Waals surface area contributed by atoms with Gasteiger partial charge in [-0.1, -0.05) is 11.2 Å². The molecule has 2 aromatic heterocycles. The van der Waals surface area contributed by atoms with Crippen molar-refractivity contribution in [2.75, 3.05) is 19.5 Å². The van der Waals surface area contributed by atoms with Gasteiger partial charge < -0.3 is 19.3 Å². The zero-order valence-corrected chi connectivity index (χ0v) is 20.1. The number of nitrogens with zero attached hydrogens (tertiary/aromatic N) is 3. The Morgan fingerprint density at radius 3 is 2.36 bits per heavy atom. The van der Waals surface area contributed by atoms with E-state index in [1.807, 2.05) is 36.4 Å². The van der Waals surface area contributed by atoms with Gasteiger partial charge in [-0.15, -0.1) is 0 Å². The summed E-state index contributed by atoms with van der Waals surface area (Å²) >= 11 is 0. The van der Waals surface area contributed by atoms with Crippen LogP contribution in [0.15, 0.2) is 82.3 Å². The Kier molecular flexibility index (Phi) is 6.00. The van der Waals surface area contributed by atoms with E-state index in [4.69, 9.17) is 19.1 Å². The van der Waals surface area contributed by atoms with E-state index in [0.717, 1.165) is 16.5 Å². The molecule has 0 unspecified atom stereocenters. The highest BCUT2D eigenvalue weighted by atomic mass is 32.2. The number of hydrogen-bond acceptors (Lipinski definition) is 9. The predicted molar refractivity (Wildman–Crippen MR) is 135 cm³/mol. The second-order valence-corrected chi connectivity index (χ2v) is 9.33. The van der Waals surface area contributed by atoms with Gasteiger partial charge in [0.05, 0.1) is 30.2 Å². The molecule has 5 aromatic rings. The number of methoxy groups -OCH3 is 2. The van der Waals surface area contributed by atoms with Gasteiger partial charge in [-0.3, -0.25) is 0 Å². The van der Waals surface area contributed by atoms with Crippen molar-refractivity contribution in [2.24, 2.45) is 5.14 Å². The summed E-state index contributed by atoms with van der Waals surface area (Å²) in [7, 11) is -0.606. The van der Waals surface area contributed by atoms with Gasteiger partial charge >= 0.3 is 0 Å². The maximum Gasteiger partial charge on any atom is 0.238 e. The Morgan fingerprint density at radius 2 is 1.64 bits per heavy atom. The highest BCUT2D eigenvalue weighted by molar-refractivity contribution is 7.89. The van der Waals surface area contributed by atoms with Crippen molar-refractivity contribution in [1.29, 1.82) is 0 Å². The SMILES string of the molecule is COc1ccc(-c2onc3ccc(-c4ccnc(Nc5ccc(S(N)(=O)=O)cc5)n4)cc23)cc1OC. The lowest BCUT2D eigenvalue weighted by Crippen LogP contribution is -2.11. The molecule has 0 saturated carbocycles. The van der Waals surface area contributed by atoms with Crippen molar-refractivity contribution in [3.05, 3.63) is 72.9 Å². The number of anilines is 2. The van der Waals surface area contributed by atoms with E-state index < -0.39 is 10.0 Å². The number of primary sulfonamides is 1. The van der Waals surface area contributed by atoms with Crippen LogP contribution < -0.4 is 19.9 Å². The summed E-state index contributed by atoms with van der Waals surface area (Å²) in [6, 6.07) is 19.0. The lowest BCUT2D eigenvalue weighted by Gasteiger charge is -2.09. The van der Waals surface area contributed by atoms with E-state index in [9.17, 15) is 8.42 Å². The number of sulfonamides is 1. The van der Waals surface area contributed by atoms with Crippen molar-refractivity contribution in [3.63, 3.8) is 0 Å². The van der Waals surface area contributed by atoms with E-state index in [-0.39, 0.29) is 4.90 Å². The van der Waals surface area contributed by atoms with E-state index in [1.54, 1.807) is 38.6 Å². The number of hydrogen-bond donors (Lipinski definition) is 2. The summed E-state index contributed by atoms with van der Waals surface area (Å²) in [5, 5.41) is 13.2. The van der Waals surface area contributed by atoms with Crippen molar-refractivity contribution in [1.82, 2.24) is 15.1 Å². The Balaban J connectivity index is 1.47. The lowest BCUT2D eigenvalue weighted by molar-refractivity contribution is 0.355. The molecule has 0 bridgehead atoms. The molecule has 3 aromatic carbocycles. The molecule has 0 aliphatic carbocycles. The van der Waals surface area contributed by atoms with Gasteiger partial charge in [-0.2, -0.15) is 0 Å². The van der Waals surface area contributed by atoms with Gasteiger partial charge in [0.25, 0.3) is 0 Å². The first-order chi connectivity index (χ1) is 17.4. The molecular formula is C25H21N5O5S. The fraction of sp³-hybridized carbons (Fsp3) is 0.0800. The van der Waals surface area contributed by atoms with Crippen LogP contribution in [0.5, 0.6) is 11.5 Å². The van der Waals surface area contributed by atoms with Crippen molar-refractivity contribution >= 4 is 32.6 Å². The van der Waals surface area contributed by atoms with Gasteiger partial charge in [-0.05, 0) is 60.7 Å². The molecule has 36 heavy (non-hydrogen) atoms. The summed E-state index contributed by atoms with van der Waals surface area (Å²) in [5.41, 5.74) is 3.62. The summed E-state index contributed by atoms with van der Waals surface area (Å²) in [6.07, 6.45) is 1.64. The fourth-order valence-corrected chi connectivity index (χ4v) is 4.24. The highest BCUT2D eigenvalue weighted by Gasteiger charge is 2.15. The monoisotopic (exact) mass is 503 g/mol. The average molecular weight is 504 g/mol. The number of ether oxygens (including phenoxy) is 2. The number of nitrogens with one attached hydrogen (secondary N) is 1. The van der Waals surface area contributed by atoms with Crippen LogP contribution in [-0.4, -0.2) is 37.8 Å². The van der Waals surface area contributed by atoms with E-state index in [0.29, 0.717) is 40.1 Å². The smallest absolute Gasteiger partial charge is 0.238 e. The Hall–Kier alpha value is -4.48. The molecule has 10 nitrogen and oxygen atoms in total. The number of benzene rings is 3. The van der Waals surface area contributed by atoms with E-state index in [2.05, 4.69) is 20.4 Å². The molecule has 0 aliphatic heterocycles. The third-order valence-corrected chi connectivity index (χ3v) is 6.44. The molecule has 0 spiro atoms. The standard InChI is InChI=1S/C25H21N5O5S/c1-33-22-10-4-16(14-23(22)34-2)24-19-13-15(3-9-21(19)30-35-24)20-11-12-27-25(29-20)28-17-5-7-18(8-6-17)36(26,31)32/h3-14H,1-2H3,(H2,26,31,32)(H,27,28,29). The summed E-state index contributed by atoms with van der Waals surface area (Å²) in [5.74, 6) is 2.14. The van der Waals surface area contributed by atoms with Crippen LogP contribution in [-0.2, 0) is 10.0 Å². The summed E-state index contributed by atoms with van der Waals surface area (Å²) < 4.78 is 39.3. The molecule has 0 saturated heterocycles. The molecule has 0 amide bonds. The van der Waals surface area contributed by atoms with Gasteiger partial charge in [0, 0.05) is 23.0 Å². The largest absolute Gasteiger partial charge is 0.493 e. The predicted octanol–water partition coefficient (Wildman–Crippen LogP) is 4.36. The van der Waals surface area contributed by atoms with Crippen LogP contribution in [0.2, 0.25) is 0 Å². The molecule has 0 radical (unpaired) electrons. The molecule has 11 heteroatoms. The topological polar surface area (TPSA) is 142 Å². The second kappa shape index (κ2) is 9.29. The molecule has 2 heterocycles. The molecule has 3 N–H and O–H groups in total. The second-order valence-electron chi connectivity index (χ2n) is 7.77. The zero-order valence-electron chi connectivity index (χ0n) is 19.3. The lowest BCUT2D eigenvalue weighted by atomic mass is 10.0. The summed E-state index contributed by atoms with van der Waals surface area (Å²) in [4.78, 5) is 8.89. The molecule has 5 rings (SSSR count). The van der Waals surface area contributed by atoms with Gasteiger partial charge in [0.15, 0.2) is 17.3 Å². The number of nitrogens with two attached hydrogens (primary N) is 1.